The molecular weight excluding hydrogens is 500 g/mol. The molecule has 39 heavy (non-hydrogen) atoms. The van der Waals surface area contributed by atoms with Crippen molar-refractivity contribution >= 4 is 11.8 Å². The number of carbonyl (C=O) groups is 2. The van der Waals surface area contributed by atoms with Crippen molar-refractivity contribution in [1.82, 2.24) is 10.2 Å². The van der Waals surface area contributed by atoms with Gasteiger partial charge in [0.15, 0.2) is 23.0 Å². The van der Waals surface area contributed by atoms with Gasteiger partial charge in [-0.15, -0.1) is 0 Å². The van der Waals surface area contributed by atoms with Gasteiger partial charge in [0.05, 0.1) is 47.5 Å². The summed E-state index contributed by atoms with van der Waals surface area (Å²) >= 11 is 0. The van der Waals surface area contributed by atoms with E-state index in [1.165, 1.54) is 14.2 Å². The first kappa shape index (κ1) is 27.6. The van der Waals surface area contributed by atoms with Crippen molar-refractivity contribution in [3.63, 3.8) is 0 Å². The van der Waals surface area contributed by atoms with Crippen LogP contribution in [0.15, 0.2) is 54.6 Å². The predicted octanol–water partition coefficient (Wildman–Crippen LogP) is 4.00. The van der Waals surface area contributed by atoms with Crippen molar-refractivity contribution in [2.24, 2.45) is 0 Å². The molecule has 3 aromatic carbocycles. The summed E-state index contributed by atoms with van der Waals surface area (Å²) in [5, 5.41) is 3.09. The molecule has 2 atom stereocenters. The van der Waals surface area contributed by atoms with Gasteiger partial charge in [0.25, 0.3) is 5.91 Å². The van der Waals surface area contributed by atoms with Gasteiger partial charge < -0.3 is 33.9 Å². The van der Waals surface area contributed by atoms with E-state index in [9.17, 15) is 9.59 Å². The number of hydrogen-bond donors (Lipinski definition) is 1. The number of fused-ring (bicyclic) bond motifs is 1. The zero-order chi connectivity index (χ0) is 28.1. The van der Waals surface area contributed by atoms with E-state index in [1.807, 2.05) is 42.5 Å². The summed E-state index contributed by atoms with van der Waals surface area (Å²) in [5.41, 5.74) is 2.79. The number of benzene rings is 3. The molecule has 0 saturated carbocycles. The van der Waals surface area contributed by atoms with Crippen LogP contribution in [0.1, 0.15) is 39.0 Å². The maximum atomic E-state index is 13.9. The molecule has 0 spiro atoms. The first-order valence-electron chi connectivity index (χ1n) is 12.5. The van der Waals surface area contributed by atoms with Gasteiger partial charge in [-0.05, 0) is 59.5 Å². The molecule has 0 aromatic heterocycles. The van der Waals surface area contributed by atoms with Gasteiger partial charge in [-0.2, -0.15) is 0 Å². The molecule has 0 unspecified atom stereocenters. The topological polar surface area (TPSA) is 95.6 Å². The van der Waals surface area contributed by atoms with Crippen LogP contribution in [0.4, 0.5) is 0 Å². The molecule has 1 heterocycles. The third-order valence-electron chi connectivity index (χ3n) is 7.08. The second-order valence-electron chi connectivity index (χ2n) is 9.14. The Morgan fingerprint density at radius 3 is 2.03 bits per heavy atom. The van der Waals surface area contributed by atoms with Gasteiger partial charge in [0.2, 0.25) is 5.91 Å². The van der Waals surface area contributed by atoms with Crippen molar-refractivity contribution in [1.29, 1.82) is 0 Å². The number of nitrogens with zero attached hydrogens (tertiary/aromatic N) is 1. The van der Waals surface area contributed by atoms with Crippen LogP contribution in [0, 0.1) is 0 Å². The molecule has 0 radical (unpaired) electrons. The minimum absolute atomic E-state index is 0.205. The highest BCUT2D eigenvalue weighted by molar-refractivity contribution is 6.02. The van der Waals surface area contributed by atoms with E-state index in [2.05, 4.69) is 5.32 Å². The lowest BCUT2D eigenvalue weighted by molar-refractivity contribution is -0.124. The van der Waals surface area contributed by atoms with Crippen molar-refractivity contribution in [3.8, 4) is 28.7 Å². The fourth-order valence-corrected chi connectivity index (χ4v) is 5.03. The van der Waals surface area contributed by atoms with Crippen LogP contribution in [0.3, 0.4) is 0 Å². The van der Waals surface area contributed by atoms with Gasteiger partial charge >= 0.3 is 0 Å². The highest BCUT2D eigenvalue weighted by Crippen LogP contribution is 2.45. The molecule has 206 valence electrons. The standard InChI is InChI=1S/C30H34N2O7/c1-32-28(19-8-10-20(35-2)11-9-19)27(21-16-25(38-5)26(39-6)17-22(21)30(32)34)29(33)31-14-13-18-7-12-23(36-3)24(15-18)37-4/h7-12,15-17,27-28H,13-14H2,1-6H3,(H,31,33)/t27-,28+/m0/s1. The third-order valence-corrected chi connectivity index (χ3v) is 7.08. The number of nitrogens with one attached hydrogen (secondary N) is 1. The van der Waals surface area contributed by atoms with E-state index in [0.29, 0.717) is 52.8 Å². The first-order valence-corrected chi connectivity index (χ1v) is 12.5. The summed E-state index contributed by atoms with van der Waals surface area (Å²) in [6.45, 7) is 0.389. The quantitative estimate of drug-likeness (QED) is 0.420. The van der Waals surface area contributed by atoms with Gasteiger partial charge in [0, 0.05) is 19.2 Å². The van der Waals surface area contributed by atoms with Crippen LogP contribution < -0.4 is 29.0 Å². The zero-order valence-corrected chi connectivity index (χ0v) is 23.1. The van der Waals surface area contributed by atoms with Gasteiger partial charge in [0.1, 0.15) is 5.75 Å². The van der Waals surface area contributed by atoms with Crippen LogP contribution in [0.2, 0.25) is 0 Å². The maximum Gasteiger partial charge on any atom is 0.254 e. The van der Waals surface area contributed by atoms with Crippen molar-refractivity contribution in [2.75, 3.05) is 49.1 Å². The number of ether oxygens (including phenoxy) is 5. The second kappa shape index (κ2) is 12.0. The van der Waals surface area contributed by atoms with E-state index in [1.54, 1.807) is 45.4 Å². The summed E-state index contributed by atoms with van der Waals surface area (Å²) in [6.07, 6.45) is 0.583. The molecule has 1 aliphatic rings. The number of carbonyl (C=O) groups excluding carboxylic acids is 2. The largest absolute Gasteiger partial charge is 0.497 e. The Hall–Kier alpha value is -4.40. The van der Waals surface area contributed by atoms with Crippen molar-refractivity contribution in [3.05, 3.63) is 76.9 Å². The predicted molar refractivity (Wildman–Crippen MR) is 146 cm³/mol. The molecule has 9 nitrogen and oxygen atoms in total. The molecule has 4 rings (SSSR count). The molecule has 0 fully saturated rings. The number of likely N-dealkylation sites (N-methyl/N-ethyl adjacent to an activating group) is 1. The lowest BCUT2D eigenvalue weighted by atomic mass is 9.79. The number of methoxy groups -OCH3 is 5. The average Bonchev–Trinajstić information content (AvgIpc) is 2.97. The third kappa shape index (κ3) is 5.43. The van der Waals surface area contributed by atoms with Crippen LogP contribution >= 0.6 is 0 Å². The fraction of sp³-hybridized carbons (Fsp3) is 0.333. The summed E-state index contributed by atoms with van der Waals surface area (Å²) in [6, 6.07) is 15.9. The van der Waals surface area contributed by atoms with E-state index < -0.39 is 12.0 Å². The van der Waals surface area contributed by atoms with Crippen molar-refractivity contribution in [2.45, 2.75) is 18.4 Å². The highest BCUT2D eigenvalue weighted by atomic mass is 16.5. The Morgan fingerprint density at radius 1 is 0.795 bits per heavy atom. The average molecular weight is 535 g/mol. The summed E-state index contributed by atoms with van der Waals surface area (Å²) in [7, 11) is 9.52. The summed E-state index contributed by atoms with van der Waals surface area (Å²) in [4.78, 5) is 29.0. The van der Waals surface area contributed by atoms with E-state index in [4.69, 9.17) is 23.7 Å². The Bertz CT molecular complexity index is 1340. The Labute approximate surface area is 228 Å². The molecule has 3 aromatic rings. The van der Waals surface area contributed by atoms with Gasteiger partial charge in [-0.3, -0.25) is 9.59 Å². The summed E-state index contributed by atoms with van der Waals surface area (Å²) < 4.78 is 27.0. The number of amides is 2. The highest BCUT2D eigenvalue weighted by Gasteiger charge is 2.43. The smallest absolute Gasteiger partial charge is 0.254 e. The van der Waals surface area contributed by atoms with Crippen LogP contribution in [-0.4, -0.2) is 65.9 Å². The van der Waals surface area contributed by atoms with Crippen molar-refractivity contribution < 1.29 is 33.3 Å². The molecule has 0 aliphatic carbocycles. The number of rotatable bonds is 10. The molecule has 9 heteroatoms. The van der Waals surface area contributed by atoms with E-state index in [0.717, 1.165) is 11.1 Å². The number of hydrogen-bond acceptors (Lipinski definition) is 7. The molecular formula is C30H34N2O7. The minimum Gasteiger partial charge on any atom is -0.497 e. The zero-order valence-electron chi connectivity index (χ0n) is 23.1. The molecule has 2 amide bonds. The SMILES string of the molecule is COc1ccc([C@@H]2[C@@H](C(=O)NCCc3ccc(OC)c(OC)c3)c3cc(OC)c(OC)cc3C(=O)N2C)cc1. The Morgan fingerprint density at radius 2 is 1.41 bits per heavy atom. The molecule has 1 N–H and O–H groups in total. The Balaban J connectivity index is 1.68. The summed E-state index contributed by atoms with van der Waals surface area (Å²) in [5.74, 6) is 1.73. The maximum absolute atomic E-state index is 13.9. The fourth-order valence-electron chi connectivity index (χ4n) is 5.03. The van der Waals surface area contributed by atoms with E-state index in [-0.39, 0.29) is 11.8 Å². The molecule has 0 saturated heterocycles. The van der Waals surface area contributed by atoms with Crippen LogP contribution in [0.5, 0.6) is 28.7 Å². The first-order chi connectivity index (χ1) is 18.9. The van der Waals surface area contributed by atoms with Crippen LogP contribution in [0.25, 0.3) is 0 Å². The van der Waals surface area contributed by atoms with Crippen LogP contribution in [-0.2, 0) is 11.2 Å². The van der Waals surface area contributed by atoms with Gasteiger partial charge in [-0.25, -0.2) is 0 Å². The second-order valence-corrected chi connectivity index (χ2v) is 9.14. The van der Waals surface area contributed by atoms with Gasteiger partial charge in [-0.1, -0.05) is 18.2 Å². The molecule has 1 aliphatic heterocycles. The lowest BCUT2D eigenvalue weighted by Gasteiger charge is -2.40. The molecule has 0 bridgehead atoms. The minimum atomic E-state index is -0.693. The Kier molecular flexibility index (Phi) is 8.49. The monoisotopic (exact) mass is 534 g/mol. The lowest BCUT2D eigenvalue weighted by Crippen LogP contribution is -2.46. The van der Waals surface area contributed by atoms with E-state index >= 15 is 0 Å². The normalized spacial score (nSPS) is 16.3.